The Hall–Kier alpha value is -1.98. The molecule has 0 saturated carbocycles. The predicted molar refractivity (Wildman–Crippen MR) is 141 cm³/mol. The highest BCUT2D eigenvalue weighted by atomic mass is 32.2. The minimum absolute atomic E-state index is 0.142. The third-order valence-corrected chi connectivity index (χ3v) is 8.33. The number of hydrogen-bond donors (Lipinski definition) is 3. The predicted octanol–water partition coefficient (Wildman–Crippen LogP) is 2.78. The minimum Gasteiger partial charge on any atom is -0.497 e. The van der Waals surface area contributed by atoms with E-state index in [0.29, 0.717) is 26.1 Å². The van der Waals surface area contributed by atoms with Crippen LogP contribution in [0.5, 0.6) is 5.75 Å². The van der Waals surface area contributed by atoms with Gasteiger partial charge >= 0.3 is 0 Å². The second-order valence-corrected chi connectivity index (χ2v) is 11.6. The lowest BCUT2D eigenvalue weighted by Crippen LogP contribution is -2.49. The number of carbonyl (C=O) groups is 1. The Labute approximate surface area is 213 Å². The van der Waals surface area contributed by atoms with Crippen LogP contribution in [0.1, 0.15) is 43.6 Å². The zero-order valence-electron chi connectivity index (χ0n) is 20.9. The van der Waals surface area contributed by atoms with Crippen LogP contribution in [0.3, 0.4) is 0 Å². The molecule has 0 aliphatic carbocycles. The molecule has 2 aromatic rings. The van der Waals surface area contributed by atoms with E-state index < -0.39 is 22.2 Å². The second-order valence-electron chi connectivity index (χ2n) is 8.47. The third kappa shape index (κ3) is 10.3. The van der Waals surface area contributed by atoms with Gasteiger partial charge in [0.2, 0.25) is 15.9 Å². The number of ether oxygens (including phenoxy) is 1. The number of benzene rings is 1. The van der Waals surface area contributed by atoms with Crippen molar-refractivity contribution in [1.82, 2.24) is 14.9 Å². The maximum Gasteiger partial charge on any atom is 0.221 e. The molecule has 35 heavy (non-hydrogen) atoms. The standard InChI is InChI=1S/C25H39N3O5S2/c1-4-12-28(13-5-2)35(31,32)15-11-25(30)27-23(17-22-10-7-14-34-22)24(29)19-26-18-20-8-6-9-21(16-20)33-3/h6-10,14,16,23-24,26,29H,4-5,11-13,15,17-19H2,1-3H3,(H,27,30)/t23-,24-/m0/s1. The maximum absolute atomic E-state index is 12.7. The van der Waals surface area contributed by atoms with Crippen LogP contribution in [0.2, 0.25) is 0 Å². The van der Waals surface area contributed by atoms with Crippen LogP contribution >= 0.6 is 11.3 Å². The molecule has 2 rings (SSSR count). The topological polar surface area (TPSA) is 108 Å². The van der Waals surface area contributed by atoms with Crippen LogP contribution in [-0.2, 0) is 27.8 Å². The highest BCUT2D eigenvalue weighted by Crippen LogP contribution is 2.15. The average molecular weight is 526 g/mol. The summed E-state index contributed by atoms with van der Waals surface area (Å²) in [4.78, 5) is 13.7. The van der Waals surface area contributed by atoms with Gasteiger partial charge in [-0.05, 0) is 42.0 Å². The van der Waals surface area contributed by atoms with Gasteiger partial charge in [0.05, 0.1) is 25.0 Å². The van der Waals surface area contributed by atoms with E-state index in [-0.39, 0.29) is 24.6 Å². The van der Waals surface area contributed by atoms with Crippen LogP contribution in [0.15, 0.2) is 41.8 Å². The first-order valence-corrected chi connectivity index (χ1v) is 14.6. The number of nitrogens with zero attached hydrogens (tertiary/aromatic N) is 1. The molecule has 1 aromatic heterocycles. The molecule has 196 valence electrons. The van der Waals surface area contributed by atoms with Crippen molar-refractivity contribution < 1.29 is 23.1 Å². The number of carbonyl (C=O) groups excluding carboxylic acids is 1. The lowest BCUT2D eigenvalue weighted by atomic mass is 10.1. The van der Waals surface area contributed by atoms with Gasteiger partial charge in [0.25, 0.3) is 0 Å². The fourth-order valence-corrected chi connectivity index (χ4v) is 6.12. The first kappa shape index (κ1) is 29.3. The number of nitrogens with one attached hydrogen (secondary N) is 2. The van der Waals surface area contributed by atoms with E-state index in [1.54, 1.807) is 18.4 Å². The molecule has 0 aliphatic rings. The number of rotatable bonds is 17. The molecule has 0 unspecified atom stereocenters. The van der Waals surface area contributed by atoms with Gasteiger partial charge in [0, 0.05) is 43.9 Å². The molecule has 2 atom stereocenters. The maximum atomic E-state index is 12.7. The summed E-state index contributed by atoms with van der Waals surface area (Å²) in [6.45, 7) is 5.59. The molecule has 1 amide bonds. The van der Waals surface area contributed by atoms with E-state index in [4.69, 9.17) is 4.74 Å². The van der Waals surface area contributed by atoms with Crippen LogP contribution in [0.4, 0.5) is 0 Å². The number of methoxy groups -OCH3 is 1. The quantitative estimate of drug-likeness (QED) is 0.293. The van der Waals surface area contributed by atoms with E-state index >= 15 is 0 Å². The summed E-state index contributed by atoms with van der Waals surface area (Å²) in [6.07, 6.45) is 0.930. The summed E-state index contributed by atoms with van der Waals surface area (Å²) in [6, 6.07) is 11.0. The summed E-state index contributed by atoms with van der Waals surface area (Å²) < 4.78 is 32.1. The van der Waals surface area contributed by atoms with Gasteiger partial charge in [0.15, 0.2) is 0 Å². The van der Waals surface area contributed by atoms with Crippen LogP contribution in [-0.4, -0.2) is 68.4 Å². The molecule has 0 spiro atoms. The molecule has 0 aliphatic heterocycles. The van der Waals surface area contributed by atoms with Crippen LogP contribution in [0, 0.1) is 0 Å². The van der Waals surface area contributed by atoms with Crippen molar-refractivity contribution in [2.75, 3.05) is 32.5 Å². The van der Waals surface area contributed by atoms with E-state index in [1.807, 2.05) is 55.6 Å². The van der Waals surface area contributed by atoms with Crippen molar-refractivity contribution in [2.24, 2.45) is 0 Å². The van der Waals surface area contributed by atoms with Gasteiger partial charge in [-0.3, -0.25) is 4.79 Å². The van der Waals surface area contributed by atoms with Gasteiger partial charge in [0.1, 0.15) is 5.75 Å². The van der Waals surface area contributed by atoms with E-state index in [9.17, 15) is 18.3 Å². The molecule has 0 bridgehead atoms. The summed E-state index contributed by atoms with van der Waals surface area (Å²) in [5, 5.41) is 18.9. The smallest absolute Gasteiger partial charge is 0.221 e. The van der Waals surface area contributed by atoms with Gasteiger partial charge in [-0.2, -0.15) is 0 Å². The van der Waals surface area contributed by atoms with Gasteiger partial charge < -0.3 is 20.5 Å². The highest BCUT2D eigenvalue weighted by Gasteiger charge is 2.25. The Morgan fingerprint density at radius 2 is 1.91 bits per heavy atom. The normalized spacial score (nSPS) is 13.5. The molecule has 1 aromatic carbocycles. The number of sulfonamides is 1. The molecule has 8 nitrogen and oxygen atoms in total. The SMILES string of the molecule is CCCN(CCC)S(=O)(=O)CCC(=O)N[C@@H](Cc1cccs1)[C@@H](O)CNCc1cccc(OC)c1. The van der Waals surface area contributed by atoms with E-state index in [0.717, 1.165) is 29.0 Å². The minimum atomic E-state index is -3.51. The second kappa shape index (κ2) is 15.2. The largest absolute Gasteiger partial charge is 0.497 e. The van der Waals surface area contributed by atoms with Gasteiger partial charge in [-0.25, -0.2) is 12.7 Å². The third-order valence-electron chi connectivity index (χ3n) is 5.56. The summed E-state index contributed by atoms with van der Waals surface area (Å²) in [5.74, 6) is 0.142. The zero-order valence-corrected chi connectivity index (χ0v) is 22.5. The van der Waals surface area contributed by atoms with Crippen molar-refractivity contribution in [2.45, 2.75) is 58.2 Å². The molecular weight excluding hydrogens is 486 g/mol. The van der Waals surface area contributed by atoms with Crippen LogP contribution in [0.25, 0.3) is 0 Å². The summed E-state index contributed by atoms with van der Waals surface area (Å²) in [7, 11) is -1.89. The molecule has 0 saturated heterocycles. The Kier molecular flexibility index (Phi) is 12.7. The number of amides is 1. The van der Waals surface area contributed by atoms with Crippen molar-refractivity contribution in [3.8, 4) is 5.75 Å². The lowest BCUT2D eigenvalue weighted by molar-refractivity contribution is -0.122. The Balaban J connectivity index is 1.95. The Morgan fingerprint density at radius 3 is 2.54 bits per heavy atom. The molecule has 0 radical (unpaired) electrons. The fourth-order valence-electron chi connectivity index (χ4n) is 3.74. The van der Waals surface area contributed by atoms with Gasteiger partial charge in [-0.1, -0.05) is 32.0 Å². The van der Waals surface area contributed by atoms with Crippen molar-refractivity contribution >= 4 is 27.3 Å². The molecule has 10 heteroatoms. The van der Waals surface area contributed by atoms with E-state index in [2.05, 4.69) is 10.6 Å². The highest BCUT2D eigenvalue weighted by molar-refractivity contribution is 7.89. The molecule has 3 N–H and O–H groups in total. The molecule has 1 heterocycles. The van der Waals surface area contributed by atoms with Crippen molar-refractivity contribution in [3.63, 3.8) is 0 Å². The van der Waals surface area contributed by atoms with Gasteiger partial charge in [-0.15, -0.1) is 11.3 Å². The zero-order chi connectivity index (χ0) is 25.7. The van der Waals surface area contributed by atoms with Crippen molar-refractivity contribution in [3.05, 3.63) is 52.2 Å². The van der Waals surface area contributed by atoms with E-state index in [1.165, 1.54) is 4.31 Å². The monoisotopic (exact) mass is 525 g/mol. The first-order valence-electron chi connectivity index (χ1n) is 12.1. The fraction of sp³-hybridized carbons (Fsp3) is 0.560. The Morgan fingerprint density at radius 1 is 1.17 bits per heavy atom. The first-order chi connectivity index (χ1) is 16.8. The average Bonchev–Trinajstić information content (AvgIpc) is 3.35. The summed E-state index contributed by atoms with van der Waals surface area (Å²) in [5.41, 5.74) is 1.02. The molecular formula is C25H39N3O5S2. The Bertz CT molecular complexity index is 977. The number of aliphatic hydroxyl groups excluding tert-OH is 1. The lowest BCUT2D eigenvalue weighted by Gasteiger charge is -2.25. The van der Waals surface area contributed by atoms with Crippen LogP contribution < -0.4 is 15.4 Å². The van der Waals surface area contributed by atoms with Crippen molar-refractivity contribution in [1.29, 1.82) is 0 Å². The number of thiophene rings is 1. The summed E-state index contributed by atoms with van der Waals surface area (Å²) >= 11 is 1.55. The molecule has 0 fully saturated rings. The number of aliphatic hydroxyl groups is 1. The number of hydrogen-bond acceptors (Lipinski definition) is 7.